The largest absolute Gasteiger partial charge is 0.506 e. The molecular formula is C9H8Cl2N2O. The molecule has 0 bridgehead atoms. The quantitative estimate of drug-likeness (QED) is 0.531. The molecule has 0 saturated heterocycles. The van der Waals surface area contributed by atoms with Gasteiger partial charge >= 0.3 is 0 Å². The molecule has 74 valence electrons. The van der Waals surface area contributed by atoms with Gasteiger partial charge < -0.3 is 10.9 Å². The molecule has 1 aromatic carbocycles. The lowest BCUT2D eigenvalue weighted by Crippen LogP contribution is -1.99. The summed E-state index contributed by atoms with van der Waals surface area (Å²) in [6.45, 7) is 0. The van der Waals surface area contributed by atoms with Crippen LogP contribution in [-0.4, -0.2) is 10.8 Å². The number of phenolic OH excluding ortho intramolecular Hbond substituents is 1. The van der Waals surface area contributed by atoms with Gasteiger partial charge in [-0.15, -0.1) is 0 Å². The second kappa shape index (κ2) is 3.33. The Bertz CT molecular complexity index is 429. The van der Waals surface area contributed by atoms with Crippen LogP contribution in [0, 0.1) is 0 Å². The minimum atomic E-state index is 0.0211. The molecule has 14 heavy (non-hydrogen) atoms. The van der Waals surface area contributed by atoms with Crippen LogP contribution in [-0.2, 0) is 6.42 Å². The van der Waals surface area contributed by atoms with Crippen molar-refractivity contribution in [3.8, 4) is 5.75 Å². The molecule has 0 aliphatic heterocycles. The number of aromatic hydroxyl groups is 1. The van der Waals surface area contributed by atoms with Crippen LogP contribution in [0.3, 0.4) is 0 Å². The topological polar surface area (TPSA) is 58.6 Å². The van der Waals surface area contributed by atoms with Crippen molar-refractivity contribution >= 4 is 28.9 Å². The van der Waals surface area contributed by atoms with E-state index in [4.69, 9.17) is 29.0 Å². The molecular weight excluding hydrogens is 223 g/mol. The fourth-order valence-electron chi connectivity index (χ4n) is 1.70. The third-order valence-electron chi connectivity index (χ3n) is 2.36. The summed E-state index contributed by atoms with van der Waals surface area (Å²) in [5.41, 5.74) is 2.13. The highest BCUT2D eigenvalue weighted by molar-refractivity contribution is 6.37. The Hall–Kier alpha value is -0.930. The van der Waals surface area contributed by atoms with Crippen molar-refractivity contribution in [2.24, 2.45) is 10.9 Å². The van der Waals surface area contributed by atoms with E-state index < -0.39 is 0 Å². The Morgan fingerprint density at radius 1 is 1.29 bits per heavy atom. The van der Waals surface area contributed by atoms with Crippen molar-refractivity contribution in [3.63, 3.8) is 0 Å². The maximum Gasteiger partial charge on any atom is 0.143 e. The molecule has 2 rings (SSSR count). The molecule has 5 heteroatoms. The van der Waals surface area contributed by atoms with Gasteiger partial charge in [-0.05, 0) is 24.5 Å². The first-order valence-electron chi connectivity index (χ1n) is 4.12. The van der Waals surface area contributed by atoms with Crippen molar-refractivity contribution in [2.75, 3.05) is 0 Å². The van der Waals surface area contributed by atoms with Crippen LogP contribution < -0.4 is 5.84 Å². The molecule has 3 N–H and O–H groups in total. The first-order valence-corrected chi connectivity index (χ1v) is 4.87. The molecule has 1 aromatic rings. The van der Waals surface area contributed by atoms with E-state index in [-0.39, 0.29) is 10.8 Å². The van der Waals surface area contributed by atoms with E-state index in [0.717, 1.165) is 12.0 Å². The number of hydrogen-bond acceptors (Lipinski definition) is 3. The number of hydrazone groups is 1. The minimum Gasteiger partial charge on any atom is -0.506 e. The van der Waals surface area contributed by atoms with Crippen LogP contribution in [0.15, 0.2) is 11.2 Å². The van der Waals surface area contributed by atoms with Crippen LogP contribution in [0.1, 0.15) is 17.5 Å². The number of benzene rings is 1. The second-order valence-electron chi connectivity index (χ2n) is 3.12. The van der Waals surface area contributed by atoms with Gasteiger partial charge in [0.15, 0.2) is 0 Å². The third kappa shape index (κ3) is 1.24. The van der Waals surface area contributed by atoms with Gasteiger partial charge in [-0.2, -0.15) is 5.10 Å². The number of hydrogen-bond donors (Lipinski definition) is 2. The van der Waals surface area contributed by atoms with E-state index in [1.807, 2.05) is 0 Å². The molecule has 0 atom stereocenters. The number of phenols is 1. The van der Waals surface area contributed by atoms with Crippen LogP contribution in [0.25, 0.3) is 0 Å². The molecule has 0 unspecified atom stereocenters. The summed E-state index contributed by atoms with van der Waals surface area (Å²) in [5, 5.41) is 14.1. The number of nitrogens with zero attached hydrogens (tertiary/aromatic N) is 1. The van der Waals surface area contributed by atoms with Crippen LogP contribution in [0.2, 0.25) is 10.0 Å². The zero-order chi connectivity index (χ0) is 10.3. The van der Waals surface area contributed by atoms with Gasteiger partial charge in [0.1, 0.15) is 5.75 Å². The van der Waals surface area contributed by atoms with Gasteiger partial charge in [0.2, 0.25) is 0 Å². The van der Waals surface area contributed by atoms with Gasteiger partial charge in [-0.1, -0.05) is 23.2 Å². The summed E-state index contributed by atoms with van der Waals surface area (Å²) in [7, 11) is 0. The summed E-state index contributed by atoms with van der Waals surface area (Å²) in [4.78, 5) is 0. The highest BCUT2D eigenvalue weighted by Gasteiger charge is 2.25. The Labute approximate surface area is 91.1 Å². The van der Waals surface area contributed by atoms with Gasteiger partial charge in [-0.25, -0.2) is 0 Å². The molecule has 0 fully saturated rings. The molecule has 0 amide bonds. The third-order valence-corrected chi connectivity index (χ3v) is 2.99. The summed E-state index contributed by atoms with van der Waals surface area (Å²) < 4.78 is 0. The molecule has 0 spiro atoms. The average molecular weight is 231 g/mol. The average Bonchev–Trinajstić information content (AvgIpc) is 2.58. The fourth-order valence-corrected chi connectivity index (χ4v) is 2.26. The van der Waals surface area contributed by atoms with Crippen molar-refractivity contribution in [1.29, 1.82) is 0 Å². The van der Waals surface area contributed by atoms with E-state index in [1.54, 1.807) is 0 Å². The number of nitrogens with two attached hydrogens (primary N) is 1. The predicted octanol–water partition coefficient (Wildman–Crippen LogP) is 2.31. The minimum absolute atomic E-state index is 0.0211. The Morgan fingerprint density at radius 3 is 2.64 bits per heavy atom. The van der Waals surface area contributed by atoms with Gasteiger partial charge in [0.25, 0.3) is 0 Å². The highest BCUT2D eigenvalue weighted by atomic mass is 35.5. The Kier molecular flexibility index (Phi) is 2.29. The smallest absolute Gasteiger partial charge is 0.143 e. The lowest BCUT2D eigenvalue weighted by Gasteiger charge is -2.06. The number of rotatable bonds is 0. The molecule has 0 heterocycles. The van der Waals surface area contributed by atoms with Crippen molar-refractivity contribution < 1.29 is 5.11 Å². The van der Waals surface area contributed by atoms with Crippen molar-refractivity contribution in [3.05, 3.63) is 27.2 Å². The second-order valence-corrected chi connectivity index (χ2v) is 3.93. The summed E-state index contributed by atoms with van der Waals surface area (Å²) in [5.74, 6) is 5.23. The van der Waals surface area contributed by atoms with E-state index >= 15 is 0 Å². The maximum absolute atomic E-state index is 9.72. The van der Waals surface area contributed by atoms with Crippen LogP contribution >= 0.6 is 23.2 Å². The Balaban J connectivity index is 2.75. The van der Waals surface area contributed by atoms with Gasteiger partial charge in [0, 0.05) is 10.6 Å². The monoisotopic (exact) mass is 230 g/mol. The zero-order valence-electron chi connectivity index (χ0n) is 7.22. The van der Waals surface area contributed by atoms with Crippen LogP contribution in [0.4, 0.5) is 0 Å². The zero-order valence-corrected chi connectivity index (χ0v) is 8.73. The standard InChI is InChI=1S/C9H8Cl2N2O/c10-5-3-6(11)9(14)8-4(5)1-2-7(8)13-12/h3,14H,1-2,12H2. The SMILES string of the molecule is NN=C1CCc2c(Cl)cc(Cl)c(O)c21. The van der Waals surface area contributed by atoms with E-state index in [9.17, 15) is 5.11 Å². The molecule has 0 radical (unpaired) electrons. The van der Waals surface area contributed by atoms with E-state index in [1.165, 1.54) is 6.07 Å². The number of halogens is 2. The molecule has 3 nitrogen and oxygen atoms in total. The summed E-state index contributed by atoms with van der Waals surface area (Å²) in [6, 6.07) is 1.54. The predicted molar refractivity (Wildman–Crippen MR) is 57.2 cm³/mol. The van der Waals surface area contributed by atoms with E-state index in [2.05, 4.69) is 5.10 Å². The van der Waals surface area contributed by atoms with Crippen molar-refractivity contribution in [2.45, 2.75) is 12.8 Å². The summed E-state index contributed by atoms with van der Waals surface area (Å²) >= 11 is 11.8. The first kappa shape index (κ1) is 9.62. The molecule has 1 aliphatic carbocycles. The van der Waals surface area contributed by atoms with Crippen molar-refractivity contribution in [1.82, 2.24) is 0 Å². The molecule has 0 aromatic heterocycles. The van der Waals surface area contributed by atoms with Gasteiger partial charge in [-0.3, -0.25) is 0 Å². The number of fused-ring (bicyclic) bond motifs is 1. The fraction of sp³-hybridized carbons (Fsp3) is 0.222. The molecule has 0 saturated carbocycles. The first-order chi connectivity index (χ1) is 6.65. The van der Waals surface area contributed by atoms with Gasteiger partial charge in [0.05, 0.1) is 10.7 Å². The maximum atomic E-state index is 9.72. The lowest BCUT2D eigenvalue weighted by molar-refractivity contribution is 0.474. The summed E-state index contributed by atoms with van der Waals surface area (Å²) in [6.07, 6.45) is 1.44. The van der Waals surface area contributed by atoms with E-state index in [0.29, 0.717) is 22.7 Å². The molecule has 1 aliphatic rings. The normalized spacial score (nSPS) is 17.4. The highest BCUT2D eigenvalue weighted by Crippen LogP contribution is 2.40. The lowest BCUT2D eigenvalue weighted by atomic mass is 10.1. The van der Waals surface area contributed by atoms with Crippen LogP contribution in [0.5, 0.6) is 5.75 Å². The Morgan fingerprint density at radius 2 is 2.00 bits per heavy atom.